The number of nitrogens with zero attached hydrogens (tertiary/aromatic N) is 2. The molecular formula is C29H30ClN5O3. The van der Waals surface area contributed by atoms with E-state index in [1.54, 1.807) is 12.1 Å². The number of H-pyrrole nitrogens is 2. The van der Waals surface area contributed by atoms with Gasteiger partial charge >= 0.3 is 0 Å². The average Bonchev–Trinajstić information content (AvgIpc) is 3.66. The number of para-hydroxylation sites is 1. The molecule has 3 amide bonds. The number of carbonyl (C=O) groups is 3. The normalized spacial score (nSPS) is 19.9. The van der Waals surface area contributed by atoms with E-state index < -0.39 is 11.5 Å². The van der Waals surface area contributed by atoms with Crippen LogP contribution in [-0.4, -0.2) is 68.7 Å². The van der Waals surface area contributed by atoms with Gasteiger partial charge in [0, 0.05) is 39.9 Å². The summed E-state index contributed by atoms with van der Waals surface area (Å²) in [7, 11) is 0. The molecule has 6 rings (SSSR count). The average molecular weight is 532 g/mol. The van der Waals surface area contributed by atoms with Crippen molar-refractivity contribution in [3.63, 3.8) is 0 Å². The number of piperazine rings is 1. The lowest BCUT2D eigenvalue weighted by Gasteiger charge is -2.39. The highest BCUT2D eigenvalue weighted by Crippen LogP contribution is 2.34. The lowest BCUT2D eigenvalue weighted by molar-refractivity contribution is -0.138. The Kier molecular flexibility index (Phi) is 5.76. The Bertz CT molecular complexity index is 1550. The standard InChI is InChI=1S/C29H30ClN5O3/c1-29(2,3)25(33-26(36)23-11-16-6-4-5-7-21(16)31-23)28(38)35-15-19-13-20(35)14-34(19)27(37)24-12-17-10-18(30)8-9-22(17)32-24/h4-12,19-20,25,31-32H,13-15H2,1-3H3,(H,33,36). The second-order valence-corrected chi connectivity index (χ2v) is 11.9. The molecule has 0 spiro atoms. The smallest absolute Gasteiger partial charge is 0.270 e. The van der Waals surface area contributed by atoms with Crippen molar-refractivity contribution in [2.45, 2.75) is 45.3 Å². The Hall–Kier alpha value is -3.78. The van der Waals surface area contributed by atoms with E-state index in [1.807, 2.05) is 73.0 Å². The lowest BCUT2D eigenvalue weighted by Crippen LogP contribution is -2.59. The summed E-state index contributed by atoms with van der Waals surface area (Å²) in [4.78, 5) is 50.3. The highest BCUT2D eigenvalue weighted by molar-refractivity contribution is 6.31. The summed E-state index contributed by atoms with van der Waals surface area (Å²) in [5.41, 5.74) is 2.17. The van der Waals surface area contributed by atoms with Crippen molar-refractivity contribution in [3.8, 4) is 0 Å². The van der Waals surface area contributed by atoms with Crippen LogP contribution in [0.4, 0.5) is 0 Å². The van der Waals surface area contributed by atoms with Gasteiger partial charge in [0.15, 0.2) is 0 Å². The summed E-state index contributed by atoms with van der Waals surface area (Å²) in [6, 6.07) is 15.9. The van der Waals surface area contributed by atoms with Gasteiger partial charge in [-0.2, -0.15) is 0 Å². The number of fused-ring (bicyclic) bond motifs is 4. The van der Waals surface area contributed by atoms with Crippen molar-refractivity contribution >= 4 is 51.1 Å². The van der Waals surface area contributed by atoms with Crippen LogP contribution >= 0.6 is 11.6 Å². The topological polar surface area (TPSA) is 101 Å². The number of hydrogen-bond donors (Lipinski definition) is 3. The van der Waals surface area contributed by atoms with Crippen molar-refractivity contribution < 1.29 is 14.4 Å². The monoisotopic (exact) mass is 531 g/mol. The molecule has 38 heavy (non-hydrogen) atoms. The molecule has 2 aromatic carbocycles. The number of carbonyl (C=O) groups excluding carboxylic acids is 3. The maximum Gasteiger partial charge on any atom is 0.270 e. The number of halogens is 1. The third kappa shape index (κ3) is 4.22. The molecule has 0 saturated carbocycles. The molecule has 196 valence electrons. The lowest BCUT2D eigenvalue weighted by atomic mass is 9.85. The minimum Gasteiger partial charge on any atom is -0.351 e. The van der Waals surface area contributed by atoms with Gasteiger partial charge in [0.25, 0.3) is 11.8 Å². The number of nitrogens with one attached hydrogen (secondary N) is 3. The van der Waals surface area contributed by atoms with E-state index in [-0.39, 0.29) is 29.8 Å². The van der Waals surface area contributed by atoms with Crippen LogP contribution in [0.15, 0.2) is 54.6 Å². The van der Waals surface area contributed by atoms with Crippen LogP contribution in [0.5, 0.6) is 0 Å². The zero-order valence-electron chi connectivity index (χ0n) is 21.5. The molecule has 3 atom stereocenters. The zero-order chi connectivity index (χ0) is 26.8. The van der Waals surface area contributed by atoms with Gasteiger partial charge in [0.05, 0.1) is 12.1 Å². The van der Waals surface area contributed by atoms with Crippen molar-refractivity contribution in [1.29, 1.82) is 0 Å². The predicted octanol–water partition coefficient (Wildman–Crippen LogP) is 4.57. The molecule has 0 aliphatic carbocycles. The van der Waals surface area contributed by atoms with Crippen molar-refractivity contribution in [2.75, 3.05) is 13.1 Å². The molecule has 4 heterocycles. The van der Waals surface area contributed by atoms with Crippen LogP contribution in [0.25, 0.3) is 21.8 Å². The first-order chi connectivity index (χ1) is 18.1. The second-order valence-electron chi connectivity index (χ2n) is 11.4. The fourth-order valence-corrected chi connectivity index (χ4v) is 5.96. The Balaban J connectivity index is 1.16. The third-order valence-corrected chi connectivity index (χ3v) is 8.00. The summed E-state index contributed by atoms with van der Waals surface area (Å²) in [5.74, 6) is -0.493. The van der Waals surface area contributed by atoms with Gasteiger partial charge in [-0.05, 0) is 48.2 Å². The molecule has 2 aliphatic rings. The van der Waals surface area contributed by atoms with Crippen LogP contribution in [0.1, 0.15) is 48.2 Å². The number of aromatic nitrogens is 2. The Morgan fingerprint density at radius 3 is 2.26 bits per heavy atom. The van der Waals surface area contributed by atoms with E-state index in [9.17, 15) is 14.4 Å². The summed E-state index contributed by atoms with van der Waals surface area (Å²) in [5, 5.41) is 5.44. The molecule has 2 saturated heterocycles. The van der Waals surface area contributed by atoms with Crippen molar-refractivity contribution in [2.24, 2.45) is 5.41 Å². The van der Waals surface area contributed by atoms with Gasteiger partial charge in [-0.15, -0.1) is 0 Å². The summed E-state index contributed by atoms with van der Waals surface area (Å²) < 4.78 is 0. The fourth-order valence-electron chi connectivity index (χ4n) is 5.78. The van der Waals surface area contributed by atoms with Crippen molar-refractivity contribution in [1.82, 2.24) is 25.1 Å². The minimum atomic E-state index is -0.705. The number of benzene rings is 2. The maximum atomic E-state index is 13.8. The number of hydrogen-bond acceptors (Lipinski definition) is 3. The molecule has 3 N–H and O–H groups in total. The molecule has 8 nitrogen and oxygen atoms in total. The largest absolute Gasteiger partial charge is 0.351 e. The molecule has 9 heteroatoms. The number of aromatic amines is 2. The highest BCUT2D eigenvalue weighted by Gasteiger charge is 2.50. The summed E-state index contributed by atoms with van der Waals surface area (Å²) >= 11 is 6.10. The molecule has 2 fully saturated rings. The molecule has 0 radical (unpaired) electrons. The van der Waals surface area contributed by atoms with Crippen LogP contribution < -0.4 is 5.32 Å². The highest BCUT2D eigenvalue weighted by atomic mass is 35.5. The predicted molar refractivity (Wildman–Crippen MR) is 147 cm³/mol. The number of amides is 3. The van der Waals surface area contributed by atoms with Gasteiger partial charge in [-0.3, -0.25) is 14.4 Å². The van der Waals surface area contributed by atoms with E-state index >= 15 is 0 Å². The van der Waals surface area contributed by atoms with Crippen LogP contribution in [-0.2, 0) is 4.79 Å². The molecule has 4 aromatic rings. The van der Waals surface area contributed by atoms with Crippen LogP contribution in [0.3, 0.4) is 0 Å². The molecule has 2 aromatic heterocycles. The molecule has 2 bridgehead atoms. The van der Waals surface area contributed by atoms with Gasteiger partial charge in [0.1, 0.15) is 17.4 Å². The maximum absolute atomic E-state index is 13.8. The van der Waals surface area contributed by atoms with E-state index in [2.05, 4.69) is 15.3 Å². The van der Waals surface area contributed by atoms with E-state index in [1.165, 1.54) is 0 Å². The van der Waals surface area contributed by atoms with Crippen molar-refractivity contribution in [3.05, 3.63) is 71.0 Å². The minimum absolute atomic E-state index is 0.0588. The van der Waals surface area contributed by atoms with E-state index in [4.69, 9.17) is 11.6 Å². The number of likely N-dealkylation sites (tertiary alicyclic amines) is 2. The fraction of sp³-hybridized carbons (Fsp3) is 0.345. The van der Waals surface area contributed by atoms with Crippen LogP contribution in [0.2, 0.25) is 5.02 Å². The van der Waals surface area contributed by atoms with Gasteiger partial charge < -0.3 is 25.1 Å². The zero-order valence-corrected chi connectivity index (χ0v) is 22.3. The first kappa shape index (κ1) is 24.6. The SMILES string of the molecule is CC(C)(C)C(NC(=O)c1cc2ccccc2[nH]1)C(=O)N1CC2CC1CN2C(=O)c1cc2cc(Cl)ccc2[nH]1. The van der Waals surface area contributed by atoms with Gasteiger partial charge in [-0.25, -0.2) is 0 Å². The summed E-state index contributed by atoms with van der Waals surface area (Å²) in [6.07, 6.45) is 0.733. The van der Waals surface area contributed by atoms with Gasteiger partial charge in [-0.1, -0.05) is 50.6 Å². The van der Waals surface area contributed by atoms with Crippen LogP contribution in [0, 0.1) is 5.41 Å². The Morgan fingerprint density at radius 1 is 0.895 bits per heavy atom. The first-order valence-electron chi connectivity index (χ1n) is 12.9. The van der Waals surface area contributed by atoms with E-state index in [0.717, 1.165) is 28.2 Å². The first-order valence-corrected chi connectivity index (χ1v) is 13.2. The Morgan fingerprint density at radius 2 is 1.55 bits per heavy atom. The summed E-state index contributed by atoms with van der Waals surface area (Å²) in [6.45, 7) is 6.78. The quantitative estimate of drug-likeness (QED) is 0.359. The molecular weight excluding hydrogens is 502 g/mol. The molecule has 3 unspecified atom stereocenters. The molecule has 2 aliphatic heterocycles. The second kappa shape index (κ2) is 8.91. The third-order valence-electron chi connectivity index (χ3n) is 7.76. The van der Waals surface area contributed by atoms with E-state index in [0.29, 0.717) is 29.5 Å². The number of rotatable bonds is 4. The Labute approximate surface area is 225 Å². The van der Waals surface area contributed by atoms with Gasteiger partial charge in [0.2, 0.25) is 5.91 Å².